The van der Waals surface area contributed by atoms with Crippen LogP contribution in [0, 0.1) is 5.92 Å². The molecule has 0 aromatic rings. The van der Waals surface area contributed by atoms with Crippen LogP contribution in [0.5, 0.6) is 0 Å². The largest absolute Gasteiger partial charge is 0.389 e. The summed E-state index contributed by atoms with van der Waals surface area (Å²) < 4.78 is 5.48. The van der Waals surface area contributed by atoms with Crippen molar-refractivity contribution in [3.63, 3.8) is 0 Å². The zero-order valence-electron chi connectivity index (χ0n) is 11.4. The van der Waals surface area contributed by atoms with Gasteiger partial charge in [-0.2, -0.15) is 0 Å². The van der Waals surface area contributed by atoms with Crippen LogP contribution >= 0.6 is 0 Å². The van der Waals surface area contributed by atoms with E-state index < -0.39 is 5.60 Å². The molecule has 3 aliphatic rings. The van der Waals surface area contributed by atoms with Gasteiger partial charge in [-0.15, -0.1) is 0 Å². The van der Waals surface area contributed by atoms with E-state index in [2.05, 4.69) is 4.90 Å². The summed E-state index contributed by atoms with van der Waals surface area (Å²) in [6, 6.07) is 0. The lowest BCUT2D eigenvalue weighted by atomic mass is 9.78. The molecule has 2 saturated heterocycles. The first-order valence-electron chi connectivity index (χ1n) is 7.38. The normalized spacial score (nSPS) is 40.5. The first kappa shape index (κ1) is 13.3. The zero-order chi connectivity index (χ0) is 13.5. The number of nitrogens with zero attached hydrogens (tertiary/aromatic N) is 1. The van der Waals surface area contributed by atoms with Crippen molar-refractivity contribution in [1.82, 2.24) is 4.90 Å². The van der Waals surface area contributed by atoms with Gasteiger partial charge in [0.15, 0.2) is 0 Å². The van der Waals surface area contributed by atoms with Crippen LogP contribution in [0.15, 0.2) is 0 Å². The van der Waals surface area contributed by atoms with Gasteiger partial charge in [0.1, 0.15) is 0 Å². The Balaban J connectivity index is 1.47. The molecule has 2 aliphatic heterocycles. The maximum Gasteiger partial charge on any atom is 0.220 e. The maximum absolute atomic E-state index is 11.1. The summed E-state index contributed by atoms with van der Waals surface area (Å²) in [6.07, 6.45) is 5.31. The van der Waals surface area contributed by atoms with Gasteiger partial charge >= 0.3 is 0 Å². The van der Waals surface area contributed by atoms with Gasteiger partial charge in [-0.05, 0) is 51.6 Å². The number of likely N-dealkylation sites (tertiary alicyclic amines) is 1. The molecule has 0 atom stereocenters. The number of hydrogen-bond acceptors (Lipinski definition) is 4. The average molecular weight is 268 g/mol. The number of carbonyl (C=O) groups is 1. The number of ether oxygens (including phenoxy) is 1. The monoisotopic (exact) mass is 268 g/mol. The predicted octanol–water partition coefficient (Wildman–Crippen LogP) is 0.258. The van der Waals surface area contributed by atoms with E-state index in [1.807, 2.05) is 0 Å². The van der Waals surface area contributed by atoms with E-state index in [1.54, 1.807) is 0 Å². The fourth-order valence-corrected chi connectivity index (χ4v) is 3.51. The minimum absolute atomic E-state index is 0.0281. The van der Waals surface area contributed by atoms with Gasteiger partial charge in [0.2, 0.25) is 5.91 Å². The molecule has 2 heterocycles. The number of epoxide rings is 1. The summed E-state index contributed by atoms with van der Waals surface area (Å²) in [6.45, 7) is 3.36. The second-order valence-electron chi connectivity index (χ2n) is 6.65. The third-order valence-electron chi connectivity index (χ3n) is 5.15. The topological polar surface area (TPSA) is 79.1 Å². The zero-order valence-corrected chi connectivity index (χ0v) is 11.4. The number of rotatable bonds is 3. The molecule has 0 bridgehead atoms. The van der Waals surface area contributed by atoms with Crippen molar-refractivity contribution in [3.05, 3.63) is 0 Å². The lowest BCUT2D eigenvalue weighted by molar-refractivity contribution is -0.123. The van der Waals surface area contributed by atoms with Crippen LogP contribution in [0.3, 0.4) is 0 Å². The molecule has 1 spiro atoms. The van der Waals surface area contributed by atoms with Crippen LogP contribution in [0.4, 0.5) is 0 Å². The molecule has 1 aliphatic carbocycles. The molecule has 0 aromatic heterocycles. The smallest absolute Gasteiger partial charge is 0.220 e. The van der Waals surface area contributed by atoms with E-state index in [-0.39, 0.29) is 17.4 Å². The molecule has 3 N–H and O–H groups in total. The lowest BCUT2D eigenvalue weighted by Crippen LogP contribution is -2.49. The molecule has 19 heavy (non-hydrogen) atoms. The van der Waals surface area contributed by atoms with Gasteiger partial charge in [0, 0.05) is 12.5 Å². The van der Waals surface area contributed by atoms with Crippen molar-refractivity contribution in [3.8, 4) is 0 Å². The predicted molar refractivity (Wildman–Crippen MR) is 70.5 cm³/mol. The number of hydrogen-bond donors (Lipinski definition) is 2. The summed E-state index contributed by atoms with van der Waals surface area (Å²) in [5, 5.41) is 10.7. The van der Waals surface area contributed by atoms with Crippen LogP contribution < -0.4 is 5.73 Å². The van der Waals surface area contributed by atoms with E-state index >= 15 is 0 Å². The summed E-state index contributed by atoms with van der Waals surface area (Å²) in [5.41, 5.74) is 4.91. The van der Waals surface area contributed by atoms with Crippen LogP contribution in [0.2, 0.25) is 0 Å². The number of nitrogens with two attached hydrogens (primary N) is 1. The van der Waals surface area contributed by atoms with Gasteiger partial charge in [0.05, 0.1) is 17.8 Å². The number of primary amides is 1. The fraction of sp³-hybridized carbons (Fsp3) is 0.929. The highest BCUT2D eigenvalue weighted by molar-refractivity contribution is 5.76. The Kier molecular flexibility index (Phi) is 3.31. The fourth-order valence-electron chi connectivity index (χ4n) is 3.51. The molecule has 5 nitrogen and oxygen atoms in total. The van der Waals surface area contributed by atoms with Crippen LogP contribution in [0.25, 0.3) is 0 Å². The van der Waals surface area contributed by atoms with Crippen LogP contribution in [0.1, 0.15) is 38.5 Å². The van der Waals surface area contributed by atoms with Crippen molar-refractivity contribution in [2.75, 3.05) is 26.2 Å². The SMILES string of the molecule is NC(=O)C1CCN(C[C@]2(O)CC[C@@]3(CC2)CO3)CC1. The van der Waals surface area contributed by atoms with Crippen molar-refractivity contribution >= 4 is 5.91 Å². The van der Waals surface area contributed by atoms with Gasteiger partial charge in [0.25, 0.3) is 0 Å². The van der Waals surface area contributed by atoms with E-state index in [9.17, 15) is 9.90 Å². The van der Waals surface area contributed by atoms with E-state index in [1.165, 1.54) is 0 Å². The van der Waals surface area contributed by atoms with Crippen molar-refractivity contribution < 1.29 is 14.6 Å². The molecule has 0 aromatic carbocycles. The Morgan fingerprint density at radius 2 is 1.84 bits per heavy atom. The molecule has 3 rings (SSSR count). The standard InChI is InChI=1S/C14H24N2O3/c15-12(17)11-1-7-16(8-2-11)9-13(18)3-5-14(6-4-13)10-19-14/h11,18H,1-10H2,(H2,15,17)/t13-,14+. The van der Waals surface area contributed by atoms with E-state index in [0.29, 0.717) is 0 Å². The number of carbonyl (C=O) groups excluding carboxylic acids is 1. The number of amides is 1. The summed E-state index contributed by atoms with van der Waals surface area (Å²) >= 11 is 0. The van der Waals surface area contributed by atoms with Gasteiger partial charge < -0.3 is 20.5 Å². The summed E-state index contributed by atoms with van der Waals surface area (Å²) in [5.74, 6) is -0.149. The minimum atomic E-state index is -0.559. The van der Waals surface area contributed by atoms with Gasteiger partial charge in [-0.25, -0.2) is 0 Å². The van der Waals surface area contributed by atoms with E-state index in [0.717, 1.165) is 64.8 Å². The Labute approximate surface area is 114 Å². The lowest BCUT2D eigenvalue weighted by Gasteiger charge is -2.40. The molecule has 0 unspecified atom stereocenters. The highest BCUT2D eigenvalue weighted by Gasteiger charge is 2.51. The maximum atomic E-state index is 11.1. The molecule has 0 radical (unpaired) electrons. The van der Waals surface area contributed by atoms with Gasteiger partial charge in [-0.3, -0.25) is 4.79 Å². The second-order valence-corrected chi connectivity index (χ2v) is 6.65. The highest BCUT2D eigenvalue weighted by Crippen LogP contribution is 2.45. The third-order valence-corrected chi connectivity index (χ3v) is 5.15. The van der Waals surface area contributed by atoms with Crippen molar-refractivity contribution in [1.29, 1.82) is 0 Å². The first-order valence-corrected chi connectivity index (χ1v) is 7.38. The molecular weight excluding hydrogens is 244 g/mol. The Morgan fingerprint density at radius 1 is 1.26 bits per heavy atom. The molecule has 3 fully saturated rings. The Morgan fingerprint density at radius 3 is 2.32 bits per heavy atom. The number of β-amino-alcohol motifs (C(OH)–C–C–N with tert-alkyl or cyclic N) is 1. The molecular formula is C14H24N2O3. The summed E-state index contributed by atoms with van der Waals surface area (Å²) in [4.78, 5) is 13.4. The van der Waals surface area contributed by atoms with E-state index in [4.69, 9.17) is 10.5 Å². The Hall–Kier alpha value is -0.650. The quantitative estimate of drug-likeness (QED) is 0.720. The van der Waals surface area contributed by atoms with Crippen LogP contribution in [-0.4, -0.2) is 53.4 Å². The highest BCUT2D eigenvalue weighted by atomic mass is 16.6. The van der Waals surface area contributed by atoms with Gasteiger partial charge in [-0.1, -0.05) is 0 Å². The van der Waals surface area contributed by atoms with Crippen molar-refractivity contribution in [2.45, 2.75) is 49.7 Å². The third kappa shape index (κ3) is 2.93. The van der Waals surface area contributed by atoms with Crippen LogP contribution in [-0.2, 0) is 9.53 Å². The molecule has 5 heteroatoms. The Bertz CT molecular complexity index is 350. The summed E-state index contributed by atoms with van der Waals surface area (Å²) in [7, 11) is 0. The molecule has 1 saturated carbocycles. The molecule has 1 amide bonds. The molecule has 108 valence electrons. The number of aliphatic hydroxyl groups is 1. The number of piperidine rings is 1. The minimum Gasteiger partial charge on any atom is -0.389 e. The van der Waals surface area contributed by atoms with Crippen molar-refractivity contribution in [2.24, 2.45) is 11.7 Å². The second kappa shape index (κ2) is 4.72. The average Bonchev–Trinajstić information content (AvgIpc) is 3.15. The first-order chi connectivity index (χ1) is 9.00.